The first-order chi connectivity index (χ1) is 10.7. The first kappa shape index (κ1) is 16.2. The summed E-state index contributed by atoms with van der Waals surface area (Å²) in [5, 5.41) is 0. The molecule has 2 rings (SSSR count). The predicted octanol–water partition coefficient (Wildman–Crippen LogP) is 6.61. The zero-order valence-electron chi connectivity index (χ0n) is 13.0. The Kier molecular flexibility index (Phi) is 6.11. The second kappa shape index (κ2) is 8.30. The minimum absolute atomic E-state index is 0.843. The van der Waals surface area contributed by atoms with Crippen molar-refractivity contribution in [3.8, 4) is 11.5 Å². The molecule has 0 bridgehead atoms. The van der Waals surface area contributed by atoms with Crippen LogP contribution in [0.2, 0.25) is 0 Å². The van der Waals surface area contributed by atoms with Crippen LogP contribution in [0.4, 0.5) is 0 Å². The summed E-state index contributed by atoms with van der Waals surface area (Å²) in [7, 11) is 0. The standard InChI is InChI=1S/C20H20OS/c1-4-18(15-14-16(2)3)22-20-13-9-8-12-19(20)21-17-10-6-5-7-11-17/h4-15H,2H2,1,3H3/b15-14-,18-4?. The third-order valence-electron chi connectivity index (χ3n) is 2.86. The predicted molar refractivity (Wildman–Crippen MR) is 96.5 cm³/mol. The van der Waals surface area contributed by atoms with Crippen LogP contribution >= 0.6 is 11.8 Å². The van der Waals surface area contributed by atoms with Crippen LogP contribution in [-0.4, -0.2) is 0 Å². The van der Waals surface area contributed by atoms with Crippen LogP contribution in [0.1, 0.15) is 13.8 Å². The van der Waals surface area contributed by atoms with Crippen molar-refractivity contribution < 1.29 is 4.74 Å². The smallest absolute Gasteiger partial charge is 0.141 e. The number of allylic oxidation sites excluding steroid dienone is 4. The van der Waals surface area contributed by atoms with Gasteiger partial charge in [-0.15, -0.1) is 0 Å². The van der Waals surface area contributed by atoms with Crippen molar-refractivity contribution in [3.05, 3.63) is 89.9 Å². The number of benzene rings is 2. The van der Waals surface area contributed by atoms with Crippen LogP contribution in [0.15, 0.2) is 94.8 Å². The summed E-state index contributed by atoms with van der Waals surface area (Å²) in [4.78, 5) is 2.25. The SMILES string of the molecule is C=C(C)/C=C\C(=CC)Sc1ccccc1Oc1ccccc1. The van der Waals surface area contributed by atoms with Gasteiger partial charge in [0.05, 0.1) is 4.90 Å². The van der Waals surface area contributed by atoms with Gasteiger partial charge in [-0.3, -0.25) is 0 Å². The van der Waals surface area contributed by atoms with Crippen molar-refractivity contribution in [3.63, 3.8) is 0 Å². The lowest BCUT2D eigenvalue weighted by molar-refractivity contribution is 0.471. The van der Waals surface area contributed by atoms with Crippen molar-refractivity contribution in [2.45, 2.75) is 18.7 Å². The Hall–Kier alpha value is -2.19. The van der Waals surface area contributed by atoms with Gasteiger partial charge in [0.25, 0.3) is 0 Å². The fourth-order valence-corrected chi connectivity index (χ4v) is 2.64. The van der Waals surface area contributed by atoms with E-state index in [0.717, 1.165) is 26.9 Å². The molecule has 22 heavy (non-hydrogen) atoms. The molecule has 0 heterocycles. The summed E-state index contributed by atoms with van der Waals surface area (Å²) < 4.78 is 5.99. The molecule has 0 spiro atoms. The van der Waals surface area contributed by atoms with Crippen LogP contribution < -0.4 is 4.74 Å². The second-order valence-electron chi connectivity index (χ2n) is 4.83. The Bertz CT molecular complexity index is 684. The van der Waals surface area contributed by atoms with E-state index in [1.165, 1.54) is 0 Å². The number of thioether (sulfide) groups is 1. The maximum Gasteiger partial charge on any atom is 0.141 e. The van der Waals surface area contributed by atoms with Crippen LogP contribution in [0.3, 0.4) is 0 Å². The summed E-state index contributed by atoms with van der Waals surface area (Å²) in [6.07, 6.45) is 6.18. The Labute approximate surface area is 137 Å². The molecule has 0 saturated heterocycles. The van der Waals surface area contributed by atoms with Gasteiger partial charge in [0.1, 0.15) is 11.5 Å². The highest BCUT2D eigenvalue weighted by atomic mass is 32.2. The number of hydrogen-bond donors (Lipinski definition) is 0. The lowest BCUT2D eigenvalue weighted by atomic mass is 10.3. The summed E-state index contributed by atoms with van der Waals surface area (Å²) in [5.41, 5.74) is 1.04. The molecule has 0 unspecified atom stereocenters. The van der Waals surface area contributed by atoms with Crippen LogP contribution in [0, 0.1) is 0 Å². The normalized spacial score (nSPS) is 11.6. The van der Waals surface area contributed by atoms with Gasteiger partial charge in [-0.25, -0.2) is 0 Å². The number of rotatable bonds is 6. The minimum Gasteiger partial charge on any atom is -0.456 e. The highest BCUT2D eigenvalue weighted by Crippen LogP contribution is 2.37. The monoisotopic (exact) mass is 308 g/mol. The molecule has 2 aromatic carbocycles. The highest BCUT2D eigenvalue weighted by Gasteiger charge is 2.06. The molecule has 0 aliphatic heterocycles. The summed E-state index contributed by atoms with van der Waals surface area (Å²) in [6.45, 7) is 7.91. The molecule has 0 saturated carbocycles. The summed E-state index contributed by atoms with van der Waals surface area (Å²) in [5.74, 6) is 1.71. The van der Waals surface area contributed by atoms with Crippen LogP contribution in [-0.2, 0) is 0 Å². The fraction of sp³-hybridized carbons (Fsp3) is 0.100. The first-order valence-electron chi connectivity index (χ1n) is 7.18. The van der Waals surface area contributed by atoms with Gasteiger partial charge < -0.3 is 4.74 Å². The Morgan fingerprint density at radius 3 is 2.36 bits per heavy atom. The average molecular weight is 308 g/mol. The maximum absolute atomic E-state index is 5.99. The van der Waals surface area contributed by atoms with Crippen molar-refractivity contribution >= 4 is 11.8 Å². The zero-order valence-corrected chi connectivity index (χ0v) is 13.8. The Balaban J connectivity index is 2.19. The summed E-state index contributed by atoms with van der Waals surface area (Å²) in [6, 6.07) is 17.9. The van der Waals surface area contributed by atoms with Gasteiger partial charge in [0.2, 0.25) is 0 Å². The van der Waals surface area contributed by atoms with Crippen LogP contribution in [0.5, 0.6) is 11.5 Å². The van der Waals surface area contributed by atoms with Crippen molar-refractivity contribution in [1.29, 1.82) is 0 Å². The quantitative estimate of drug-likeness (QED) is 0.439. The van der Waals surface area contributed by atoms with E-state index in [9.17, 15) is 0 Å². The lowest BCUT2D eigenvalue weighted by Gasteiger charge is -2.11. The molecule has 2 heteroatoms. The molecule has 0 amide bonds. The molecular weight excluding hydrogens is 288 g/mol. The van der Waals surface area contributed by atoms with Gasteiger partial charge in [0.15, 0.2) is 0 Å². The van der Waals surface area contributed by atoms with Gasteiger partial charge in [-0.2, -0.15) is 0 Å². The number of para-hydroxylation sites is 2. The van der Waals surface area contributed by atoms with Gasteiger partial charge in [0, 0.05) is 4.91 Å². The Morgan fingerprint density at radius 1 is 1.00 bits per heavy atom. The summed E-state index contributed by atoms with van der Waals surface area (Å²) >= 11 is 1.68. The molecule has 2 aromatic rings. The molecule has 0 N–H and O–H groups in total. The van der Waals surface area contributed by atoms with Gasteiger partial charge in [-0.05, 0) is 44.2 Å². The van der Waals surface area contributed by atoms with Gasteiger partial charge >= 0.3 is 0 Å². The molecular formula is C20H20OS. The van der Waals surface area contributed by atoms with Crippen molar-refractivity contribution in [2.75, 3.05) is 0 Å². The van der Waals surface area contributed by atoms with E-state index in [4.69, 9.17) is 4.74 Å². The molecule has 0 fully saturated rings. The van der Waals surface area contributed by atoms with E-state index < -0.39 is 0 Å². The Morgan fingerprint density at radius 2 is 1.68 bits per heavy atom. The third-order valence-corrected chi connectivity index (χ3v) is 4.03. The number of hydrogen-bond acceptors (Lipinski definition) is 2. The first-order valence-corrected chi connectivity index (χ1v) is 8.00. The lowest BCUT2D eigenvalue weighted by Crippen LogP contribution is -1.86. The number of ether oxygens (including phenoxy) is 1. The van der Waals surface area contributed by atoms with E-state index in [2.05, 4.69) is 24.8 Å². The van der Waals surface area contributed by atoms with Crippen molar-refractivity contribution in [1.82, 2.24) is 0 Å². The van der Waals surface area contributed by atoms with Crippen LogP contribution in [0.25, 0.3) is 0 Å². The molecule has 1 nitrogen and oxygen atoms in total. The van der Waals surface area contributed by atoms with Crippen molar-refractivity contribution in [2.24, 2.45) is 0 Å². The van der Waals surface area contributed by atoms with E-state index in [1.54, 1.807) is 11.8 Å². The highest BCUT2D eigenvalue weighted by molar-refractivity contribution is 8.03. The second-order valence-corrected chi connectivity index (χ2v) is 5.95. The molecule has 0 aliphatic carbocycles. The van der Waals surface area contributed by atoms with E-state index in [1.807, 2.05) is 68.5 Å². The topological polar surface area (TPSA) is 9.23 Å². The molecule has 0 radical (unpaired) electrons. The maximum atomic E-state index is 5.99. The fourth-order valence-electron chi connectivity index (χ4n) is 1.77. The zero-order chi connectivity index (χ0) is 15.8. The molecule has 112 valence electrons. The van der Waals surface area contributed by atoms with E-state index in [0.29, 0.717) is 0 Å². The third kappa shape index (κ3) is 4.97. The van der Waals surface area contributed by atoms with E-state index in [-0.39, 0.29) is 0 Å². The molecule has 0 aliphatic rings. The molecule has 0 aromatic heterocycles. The largest absolute Gasteiger partial charge is 0.456 e. The van der Waals surface area contributed by atoms with Gasteiger partial charge in [-0.1, -0.05) is 66.4 Å². The average Bonchev–Trinajstić information content (AvgIpc) is 2.53. The molecule has 0 atom stereocenters. The van der Waals surface area contributed by atoms with E-state index >= 15 is 0 Å². The minimum atomic E-state index is 0.843.